The second kappa shape index (κ2) is 6.46. The standard InChI is InChI=1S/C15H22FNO2/c1-4-19-14-9-13(15(14)18-3)17-10(2)11-7-5-6-8-12(11)16/h5-8,10,13-15,17H,4,9H2,1-3H3/t10-,13?,14?,15?/m1/s1. The molecule has 3 nitrogen and oxygen atoms in total. The topological polar surface area (TPSA) is 30.5 Å². The average molecular weight is 267 g/mol. The molecular formula is C15H22FNO2. The first-order valence-electron chi connectivity index (χ1n) is 6.82. The van der Waals surface area contributed by atoms with Crippen molar-refractivity contribution in [3.63, 3.8) is 0 Å². The third-order valence-electron chi connectivity index (χ3n) is 3.74. The Morgan fingerprint density at radius 2 is 2.16 bits per heavy atom. The summed E-state index contributed by atoms with van der Waals surface area (Å²) < 4.78 is 24.7. The van der Waals surface area contributed by atoms with Crippen LogP contribution in [-0.2, 0) is 9.47 Å². The Kier molecular flexibility index (Phi) is 4.91. The number of methoxy groups -OCH3 is 1. The van der Waals surface area contributed by atoms with Crippen molar-refractivity contribution in [3.05, 3.63) is 35.6 Å². The Morgan fingerprint density at radius 3 is 2.79 bits per heavy atom. The first-order valence-corrected chi connectivity index (χ1v) is 6.82. The minimum atomic E-state index is -0.169. The minimum absolute atomic E-state index is 0.0357. The van der Waals surface area contributed by atoms with Gasteiger partial charge in [0.2, 0.25) is 0 Å². The fourth-order valence-electron chi connectivity index (χ4n) is 2.67. The Bertz CT molecular complexity index is 413. The highest BCUT2D eigenvalue weighted by molar-refractivity contribution is 5.21. The van der Waals surface area contributed by atoms with Crippen LogP contribution < -0.4 is 5.32 Å². The van der Waals surface area contributed by atoms with E-state index in [4.69, 9.17) is 9.47 Å². The van der Waals surface area contributed by atoms with E-state index >= 15 is 0 Å². The van der Waals surface area contributed by atoms with Gasteiger partial charge in [0, 0.05) is 31.4 Å². The van der Waals surface area contributed by atoms with Crippen molar-refractivity contribution >= 4 is 0 Å². The summed E-state index contributed by atoms with van der Waals surface area (Å²) >= 11 is 0. The molecule has 0 amide bonds. The quantitative estimate of drug-likeness (QED) is 0.859. The van der Waals surface area contributed by atoms with Crippen LogP contribution in [0.15, 0.2) is 24.3 Å². The lowest BCUT2D eigenvalue weighted by Gasteiger charge is -2.44. The van der Waals surface area contributed by atoms with Crippen LogP contribution in [0.25, 0.3) is 0 Å². The Balaban J connectivity index is 1.93. The van der Waals surface area contributed by atoms with Crippen molar-refractivity contribution < 1.29 is 13.9 Å². The highest BCUT2D eigenvalue weighted by Crippen LogP contribution is 2.29. The van der Waals surface area contributed by atoms with Crippen LogP contribution in [0.2, 0.25) is 0 Å². The second-order valence-corrected chi connectivity index (χ2v) is 4.95. The average Bonchev–Trinajstić information content (AvgIpc) is 2.38. The lowest BCUT2D eigenvalue weighted by molar-refractivity contribution is -0.133. The maximum atomic E-state index is 13.7. The Hall–Kier alpha value is -0.970. The molecule has 0 saturated heterocycles. The van der Waals surface area contributed by atoms with Gasteiger partial charge in [0.25, 0.3) is 0 Å². The molecule has 2 rings (SSSR count). The fourth-order valence-corrected chi connectivity index (χ4v) is 2.67. The number of halogens is 1. The van der Waals surface area contributed by atoms with E-state index in [-0.39, 0.29) is 30.1 Å². The molecule has 0 bridgehead atoms. The third kappa shape index (κ3) is 3.14. The zero-order chi connectivity index (χ0) is 13.8. The van der Waals surface area contributed by atoms with Gasteiger partial charge in [-0.05, 0) is 26.3 Å². The number of benzene rings is 1. The molecule has 4 atom stereocenters. The van der Waals surface area contributed by atoms with Crippen LogP contribution in [0.1, 0.15) is 31.9 Å². The van der Waals surface area contributed by atoms with Crippen molar-refractivity contribution in [1.82, 2.24) is 5.32 Å². The molecular weight excluding hydrogens is 245 g/mol. The molecule has 0 radical (unpaired) electrons. The van der Waals surface area contributed by atoms with Crippen molar-refractivity contribution in [2.45, 2.75) is 44.6 Å². The monoisotopic (exact) mass is 267 g/mol. The predicted molar refractivity (Wildman–Crippen MR) is 72.6 cm³/mol. The van der Waals surface area contributed by atoms with Gasteiger partial charge in [-0.2, -0.15) is 0 Å². The zero-order valence-corrected chi connectivity index (χ0v) is 11.7. The highest BCUT2D eigenvalue weighted by Gasteiger charge is 2.42. The van der Waals surface area contributed by atoms with E-state index in [0.717, 1.165) is 6.42 Å². The molecule has 0 spiro atoms. The van der Waals surface area contributed by atoms with Gasteiger partial charge >= 0.3 is 0 Å². The number of nitrogens with one attached hydrogen (secondary N) is 1. The number of rotatable bonds is 6. The summed E-state index contributed by atoms with van der Waals surface area (Å²) in [5.74, 6) is -0.169. The van der Waals surface area contributed by atoms with Gasteiger partial charge in [-0.25, -0.2) is 4.39 Å². The lowest BCUT2D eigenvalue weighted by atomic mass is 9.84. The van der Waals surface area contributed by atoms with Gasteiger partial charge < -0.3 is 14.8 Å². The van der Waals surface area contributed by atoms with Gasteiger partial charge in [-0.15, -0.1) is 0 Å². The number of hydrogen-bond acceptors (Lipinski definition) is 3. The van der Waals surface area contributed by atoms with Crippen LogP contribution in [-0.4, -0.2) is 32.0 Å². The Morgan fingerprint density at radius 1 is 1.42 bits per heavy atom. The van der Waals surface area contributed by atoms with E-state index in [1.807, 2.05) is 26.0 Å². The maximum absolute atomic E-state index is 13.7. The summed E-state index contributed by atoms with van der Waals surface area (Å²) in [6.07, 6.45) is 1.11. The fraction of sp³-hybridized carbons (Fsp3) is 0.600. The normalized spacial score (nSPS) is 27.9. The smallest absolute Gasteiger partial charge is 0.127 e. The molecule has 1 N–H and O–H groups in total. The summed E-state index contributed by atoms with van der Waals surface area (Å²) in [7, 11) is 1.69. The lowest BCUT2D eigenvalue weighted by Crippen LogP contribution is -2.60. The van der Waals surface area contributed by atoms with Crippen LogP contribution in [0, 0.1) is 5.82 Å². The summed E-state index contributed by atoms with van der Waals surface area (Å²) in [6.45, 7) is 4.65. The molecule has 0 aromatic heterocycles. The van der Waals surface area contributed by atoms with Crippen LogP contribution in [0.4, 0.5) is 4.39 Å². The number of hydrogen-bond donors (Lipinski definition) is 1. The molecule has 3 unspecified atom stereocenters. The summed E-state index contributed by atoms with van der Waals surface area (Å²) in [5.41, 5.74) is 0.692. The first kappa shape index (κ1) is 14.4. The third-order valence-corrected chi connectivity index (χ3v) is 3.74. The molecule has 1 aliphatic rings. The van der Waals surface area contributed by atoms with Gasteiger partial charge in [-0.3, -0.25) is 0 Å². The molecule has 1 aromatic carbocycles. The second-order valence-electron chi connectivity index (χ2n) is 4.95. The maximum Gasteiger partial charge on any atom is 0.127 e. The molecule has 1 aromatic rings. The molecule has 0 heterocycles. The van der Waals surface area contributed by atoms with Crippen LogP contribution in [0.3, 0.4) is 0 Å². The molecule has 0 aliphatic heterocycles. The van der Waals surface area contributed by atoms with Gasteiger partial charge in [0.05, 0.1) is 12.2 Å². The predicted octanol–water partition coefficient (Wildman–Crippen LogP) is 2.67. The Labute approximate surface area is 114 Å². The molecule has 1 fully saturated rings. The summed E-state index contributed by atoms with van der Waals surface area (Å²) in [6, 6.07) is 7.05. The molecule has 1 aliphatic carbocycles. The molecule has 4 heteroatoms. The van der Waals surface area contributed by atoms with Crippen molar-refractivity contribution in [1.29, 1.82) is 0 Å². The van der Waals surface area contributed by atoms with E-state index in [2.05, 4.69) is 5.32 Å². The minimum Gasteiger partial charge on any atom is -0.377 e. The molecule has 1 saturated carbocycles. The molecule has 19 heavy (non-hydrogen) atoms. The van der Waals surface area contributed by atoms with Gasteiger partial charge in [-0.1, -0.05) is 18.2 Å². The van der Waals surface area contributed by atoms with Gasteiger partial charge in [0.1, 0.15) is 5.82 Å². The number of ether oxygens (including phenoxy) is 2. The van der Waals surface area contributed by atoms with E-state index in [1.165, 1.54) is 6.07 Å². The van der Waals surface area contributed by atoms with Crippen molar-refractivity contribution in [3.8, 4) is 0 Å². The zero-order valence-electron chi connectivity index (χ0n) is 11.7. The summed E-state index contributed by atoms with van der Waals surface area (Å²) in [4.78, 5) is 0. The van der Waals surface area contributed by atoms with Crippen LogP contribution >= 0.6 is 0 Å². The largest absolute Gasteiger partial charge is 0.377 e. The molecule has 106 valence electrons. The van der Waals surface area contributed by atoms with E-state index < -0.39 is 0 Å². The summed E-state index contributed by atoms with van der Waals surface area (Å²) in [5, 5.41) is 3.42. The van der Waals surface area contributed by atoms with E-state index in [0.29, 0.717) is 12.2 Å². The first-order chi connectivity index (χ1) is 9.17. The SMILES string of the molecule is CCOC1CC(N[C@H](C)c2ccccc2F)C1OC. The van der Waals surface area contributed by atoms with Crippen molar-refractivity contribution in [2.75, 3.05) is 13.7 Å². The van der Waals surface area contributed by atoms with Crippen LogP contribution in [0.5, 0.6) is 0 Å². The van der Waals surface area contributed by atoms with Crippen molar-refractivity contribution in [2.24, 2.45) is 0 Å². The highest BCUT2D eigenvalue weighted by atomic mass is 19.1. The van der Waals surface area contributed by atoms with E-state index in [1.54, 1.807) is 13.2 Å². The van der Waals surface area contributed by atoms with E-state index in [9.17, 15) is 4.39 Å². The van der Waals surface area contributed by atoms with Gasteiger partial charge in [0.15, 0.2) is 0 Å².